The van der Waals surface area contributed by atoms with Crippen molar-refractivity contribution in [2.24, 2.45) is 11.8 Å². The van der Waals surface area contributed by atoms with Gasteiger partial charge in [-0.05, 0) is 69.2 Å². The van der Waals surface area contributed by atoms with Gasteiger partial charge in [0.1, 0.15) is 5.60 Å². The molecule has 1 amide bonds. The molecular formula is C41H61NO10S. The number of sulfone groups is 1. The molecular weight excluding hydrogens is 699 g/mol. The highest BCUT2D eigenvalue weighted by atomic mass is 32.2. The summed E-state index contributed by atoms with van der Waals surface area (Å²) in [4.78, 5) is 12.5. The molecule has 0 saturated carbocycles. The molecule has 6 unspecified atom stereocenters. The van der Waals surface area contributed by atoms with Crippen molar-refractivity contribution in [2.75, 3.05) is 32.6 Å². The van der Waals surface area contributed by atoms with Gasteiger partial charge in [-0.3, -0.25) is 0 Å². The van der Waals surface area contributed by atoms with Gasteiger partial charge in [0.15, 0.2) is 9.84 Å². The predicted molar refractivity (Wildman–Crippen MR) is 204 cm³/mol. The third-order valence-electron chi connectivity index (χ3n) is 10.1. The van der Waals surface area contributed by atoms with Crippen molar-refractivity contribution in [2.45, 2.75) is 126 Å². The van der Waals surface area contributed by atoms with Crippen LogP contribution in [0, 0.1) is 11.8 Å². The van der Waals surface area contributed by atoms with Crippen LogP contribution in [-0.4, -0.2) is 107 Å². The maximum absolute atomic E-state index is 13.7. The third-order valence-corrected chi connectivity index (χ3v) is 11.9. The molecule has 296 valence electrons. The molecule has 0 aromatic heterocycles. The molecule has 12 heteroatoms. The lowest BCUT2D eigenvalue weighted by molar-refractivity contribution is -0.0769. The van der Waals surface area contributed by atoms with Crippen molar-refractivity contribution in [3.63, 3.8) is 0 Å². The Morgan fingerprint density at radius 1 is 1.08 bits per heavy atom. The number of carbonyl (C=O) groups is 1. The first kappa shape index (κ1) is 42.9. The fourth-order valence-electron chi connectivity index (χ4n) is 7.42. The standard InChI is InChI=1S/C41H61NO10S/c1-9-19-48-20-13-14-31-22-28(3)35(49-31)18-17-32-21-27(2)29(4)36(50-32)24-37-34(26-53(45,46)33-15-11-10-12-16-33)39(47-8)38(51-37)23-30(43)25-42-40(44)52-41(5,6)7/h9-16,27,30-32,34-39,43H,1,3-4,17-26H2,2,5-8H3,(H,42,44)/b14-13+/t27-,30?,31?,32?,34?,35+,36?,37+,38?,39-/m1/s1. The van der Waals surface area contributed by atoms with Crippen LogP contribution in [0.1, 0.15) is 66.2 Å². The monoisotopic (exact) mass is 759 g/mol. The highest BCUT2D eigenvalue weighted by Gasteiger charge is 2.49. The van der Waals surface area contributed by atoms with Gasteiger partial charge < -0.3 is 38.8 Å². The topological polar surface area (TPSA) is 139 Å². The van der Waals surface area contributed by atoms with Gasteiger partial charge >= 0.3 is 6.09 Å². The number of carbonyl (C=O) groups excluding carboxylic acids is 1. The Labute approximate surface area is 316 Å². The number of hydrogen-bond donors (Lipinski definition) is 2. The number of amides is 1. The first-order chi connectivity index (χ1) is 25.1. The molecule has 3 aliphatic heterocycles. The first-order valence-electron chi connectivity index (χ1n) is 18.7. The van der Waals surface area contributed by atoms with Crippen LogP contribution in [0.5, 0.6) is 0 Å². The van der Waals surface area contributed by atoms with Gasteiger partial charge in [0.25, 0.3) is 0 Å². The zero-order valence-electron chi connectivity index (χ0n) is 32.1. The molecule has 3 aliphatic rings. The van der Waals surface area contributed by atoms with Gasteiger partial charge in [0, 0.05) is 38.8 Å². The summed E-state index contributed by atoms with van der Waals surface area (Å²) < 4.78 is 63.7. The van der Waals surface area contributed by atoms with Gasteiger partial charge in [0.2, 0.25) is 0 Å². The van der Waals surface area contributed by atoms with Gasteiger partial charge in [-0.25, -0.2) is 13.2 Å². The Morgan fingerprint density at radius 2 is 1.81 bits per heavy atom. The number of rotatable bonds is 18. The highest BCUT2D eigenvalue weighted by molar-refractivity contribution is 7.91. The van der Waals surface area contributed by atoms with E-state index >= 15 is 0 Å². The minimum atomic E-state index is -3.72. The maximum atomic E-state index is 13.7. The first-order valence-corrected chi connectivity index (χ1v) is 20.4. The van der Waals surface area contributed by atoms with Gasteiger partial charge in [-0.2, -0.15) is 0 Å². The lowest BCUT2D eigenvalue weighted by Crippen LogP contribution is -2.41. The van der Waals surface area contributed by atoms with Crippen molar-refractivity contribution in [3.8, 4) is 0 Å². The molecule has 1 aromatic carbocycles. The summed E-state index contributed by atoms with van der Waals surface area (Å²) >= 11 is 0. The molecule has 2 N–H and O–H groups in total. The number of aliphatic hydroxyl groups is 1. The minimum absolute atomic E-state index is 0.0320. The van der Waals surface area contributed by atoms with Gasteiger partial charge in [-0.1, -0.05) is 56.5 Å². The van der Waals surface area contributed by atoms with E-state index < -0.39 is 51.9 Å². The molecule has 3 saturated heterocycles. The van der Waals surface area contributed by atoms with Crippen LogP contribution in [-0.2, 0) is 38.3 Å². The molecule has 0 spiro atoms. The SMILES string of the molecule is C=CCOC/C=C/C1CC(=C)[C@H](CCC2C[C@@H](C)C(=C)C(C[C@@H]3OC(CC(O)CNC(=O)OC(C)(C)C)[C@H](OC)C3CS(=O)(=O)c3ccccc3)O2)O1. The predicted octanol–water partition coefficient (Wildman–Crippen LogP) is 6.13. The largest absolute Gasteiger partial charge is 0.444 e. The normalized spacial score (nSPS) is 30.1. The second kappa shape index (κ2) is 19.7. The molecule has 0 radical (unpaired) electrons. The van der Waals surface area contributed by atoms with Gasteiger partial charge in [-0.15, -0.1) is 6.58 Å². The summed E-state index contributed by atoms with van der Waals surface area (Å²) in [5, 5.41) is 13.6. The summed E-state index contributed by atoms with van der Waals surface area (Å²) in [5.74, 6) is -0.589. The summed E-state index contributed by atoms with van der Waals surface area (Å²) in [6, 6.07) is 8.35. The van der Waals surface area contributed by atoms with Crippen LogP contribution < -0.4 is 5.32 Å². The minimum Gasteiger partial charge on any atom is -0.444 e. The second-order valence-corrected chi connectivity index (χ2v) is 17.5. The van der Waals surface area contributed by atoms with E-state index in [9.17, 15) is 18.3 Å². The van der Waals surface area contributed by atoms with E-state index in [1.54, 1.807) is 57.2 Å². The maximum Gasteiger partial charge on any atom is 0.407 e. The quantitative estimate of drug-likeness (QED) is 0.133. The van der Waals surface area contributed by atoms with E-state index in [1.165, 1.54) is 7.11 Å². The van der Waals surface area contributed by atoms with Crippen molar-refractivity contribution >= 4 is 15.9 Å². The van der Waals surface area contributed by atoms with Crippen LogP contribution in [0.25, 0.3) is 0 Å². The molecule has 1 aromatic rings. The summed E-state index contributed by atoms with van der Waals surface area (Å²) in [5.41, 5.74) is 1.33. The Morgan fingerprint density at radius 3 is 2.49 bits per heavy atom. The molecule has 10 atom stereocenters. The van der Waals surface area contributed by atoms with Crippen LogP contribution in [0.3, 0.4) is 0 Å². The smallest absolute Gasteiger partial charge is 0.407 e. The van der Waals surface area contributed by atoms with Crippen LogP contribution in [0.15, 0.2) is 84.3 Å². The fraction of sp³-hybridized carbons (Fsp3) is 0.634. The molecule has 0 aliphatic carbocycles. The van der Waals surface area contributed by atoms with E-state index in [0.717, 1.165) is 36.8 Å². The number of ether oxygens (including phenoxy) is 6. The molecule has 0 bridgehead atoms. The fourth-order valence-corrected chi connectivity index (χ4v) is 9.10. The van der Waals surface area contributed by atoms with Crippen LogP contribution >= 0.6 is 0 Å². The number of methoxy groups -OCH3 is 1. The summed E-state index contributed by atoms with van der Waals surface area (Å²) in [6.07, 6.45) is 5.34. The molecule has 53 heavy (non-hydrogen) atoms. The number of hydrogen-bond acceptors (Lipinski definition) is 10. The van der Waals surface area contributed by atoms with Gasteiger partial charge in [0.05, 0.1) is 72.7 Å². The van der Waals surface area contributed by atoms with E-state index in [4.69, 9.17) is 28.4 Å². The van der Waals surface area contributed by atoms with Crippen molar-refractivity contribution < 1.29 is 46.7 Å². The van der Waals surface area contributed by atoms with E-state index in [1.807, 2.05) is 12.2 Å². The van der Waals surface area contributed by atoms with Crippen LogP contribution in [0.4, 0.5) is 4.79 Å². The Bertz CT molecular complexity index is 1510. The van der Waals surface area contributed by atoms with E-state index in [-0.39, 0.29) is 53.9 Å². The van der Waals surface area contributed by atoms with Crippen LogP contribution in [0.2, 0.25) is 0 Å². The number of nitrogens with one attached hydrogen (secondary N) is 1. The molecule has 4 rings (SSSR count). The van der Waals surface area contributed by atoms with Crippen molar-refractivity contribution in [1.82, 2.24) is 5.32 Å². The second-order valence-electron chi connectivity index (χ2n) is 15.5. The van der Waals surface area contributed by atoms with E-state index in [2.05, 4.69) is 32.0 Å². The summed E-state index contributed by atoms with van der Waals surface area (Å²) in [7, 11) is -2.19. The number of aliphatic hydroxyl groups excluding tert-OH is 1. The Kier molecular flexibility index (Phi) is 15.9. The third kappa shape index (κ3) is 12.9. The zero-order valence-corrected chi connectivity index (χ0v) is 32.9. The zero-order chi connectivity index (χ0) is 38.8. The molecule has 11 nitrogen and oxygen atoms in total. The lowest BCUT2D eigenvalue weighted by atomic mass is 9.83. The van der Waals surface area contributed by atoms with E-state index in [0.29, 0.717) is 19.6 Å². The average molecular weight is 760 g/mol. The number of benzene rings is 1. The summed E-state index contributed by atoms with van der Waals surface area (Å²) in [6.45, 7) is 20.7. The Hall–Kier alpha value is -2.84. The van der Waals surface area contributed by atoms with Crippen molar-refractivity contribution in [1.29, 1.82) is 0 Å². The lowest BCUT2D eigenvalue weighted by Gasteiger charge is -2.38. The highest BCUT2D eigenvalue weighted by Crippen LogP contribution is 2.41. The van der Waals surface area contributed by atoms with Crippen molar-refractivity contribution in [3.05, 3.63) is 79.4 Å². The molecule has 3 fully saturated rings. The Balaban J connectivity index is 1.43. The average Bonchev–Trinajstić information content (AvgIpc) is 3.61. The molecule has 3 heterocycles. The number of alkyl carbamates (subject to hydrolysis) is 1.